The first-order chi connectivity index (χ1) is 10.9. The molecule has 1 aliphatic rings. The second-order valence-corrected chi connectivity index (χ2v) is 7.47. The number of ether oxygens (including phenoxy) is 1. The number of methoxy groups -OCH3 is 1. The Labute approximate surface area is 134 Å². The lowest BCUT2D eigenvalue weighted by molar-refractivity contribution is -0.136. The number of nitrogens with one attached hydrogen (secondary N) is 1. The van der Waals surface area contributed by atoms with Crippen molar-refractivity contribution in [1.29, 1.82) is 0 Å². The summed E-state index contributed by atoms with van der Waals surface area (Å²) in [6, 6.07) is 4.45. The molecule has 0 amide bonds. The van der Waals surface area contributed by atoms with Crippen molar-refractivity contribution >= 4 is 31.9 Å². The van der Waals surface area contributed by atoms with E-state index >= 15 is 0 Å². The zero-order chi connectivity index (χ0) is 18.3. The van der Waals surface area contributed by atoms with Crippen molar-refractivity contribution in [2.45, 2.75) is 10.4 Å². The summed E-state index contributed by atoms with van der Waals surface area (Å²) in [7, 11) is -9.67. The van der Waals surface area contributed by atoms with Crippen LogP contribution in [0.1, 0.15) is 5.56 Å². The van der Waals surface area contributed by atoms with Gasteiger partial charge in [0.25, 0.3) is 10.0 Å². The number of carbonyl (C=O) groups is 1. The zero-order valence-corrected chi connectivity index (χ0v) is 13.3. The van der Waals surface area contributed by atoms with Gasteiger partial charge in [0.2, 0.25) is 0 Å². The van der Waals surface area contributed by atoms with Gasteiger partial charge in [0.1, 0.15) is 0 Å². The number of halogens is 3. The Morgan fingerprint density at radius 3 is 2.33 bits per heavy atom. The molecule has 0 radical (unpaired) electrons. The first kappa shape index (κ1) is 18.1. The summed E-state index contributed by atoms with van der Waals surface area (Å²) in [6.07, 6.45) is 0. The maximum Gasteiger partial charge on any atom is 0.534 e. The fourth-order valence-corrected chi connectivity index (χ4v) is 3.49. The number of benzene rings is 1. The lowest BCUT2D eigenvalue weighted by atomic mass is 10.1. The Balaban J connectivity index is 2.76. The summed E-state index contributed by atoms with van der Waals surface area (Å²) in [4.78, 5) is 11.1. The first-order valence-electron chi connectivity index (χ1n) is 5.86. The number of hydrogen-bond acceptors (Lipinski definition) is 7. The van der Waals surface area contributed by atoms with E-state index in [1.165, 1.54) is 12.1 Å². The van der Waals surface area contributed by atoms with Crippen LogP contribution in [-0.4, -0.2) is 35.4 Å². The van der Waals surface area contributed by atoms with E-state index in [-0.39, 0.29) is 0 Å². The molecule has 0 saturated carbocycles. The van der Waals surface area contributed by atoms with Crippen molar-refractivity contribution in [1.82, 2.24) is 4.72 Å². The highest BCUT2D eigenvalue weighted by molar-refractivity contribution is 7.90. The third kappa shape index (κ3) is 3.03. The zero-order valence-electron chi connectivity index (χ0n) is 11.6. The average molecular weight is 387 g/mol. The van der Waals surface area contributed by atoms with Crippen LogP contribution < -0.4 is 4.72 Å². The van der Waals surface area contributed by atoms with Crippen molar-refractivity contribution in [3.05, 3.63) is 35.5 Å². The summed E-state index contributed by atoms with van der Waals surface area (Å²) in [5.41, 5.74) is -7.42. The number of fused-ring (bicyclic) bond motifs is 1. The molecule has 1 aliphatic heterocycles. The molecule has 132 valence electrons. The Bertz CT molecular complexity index is 933. The van der Waals surface area contributed by atoms with E-state index in [0.29, 0.717) is 0 Å². The van der Waals surface area contributed by atoms with Crippen LogP contribution in [-0.2, 0) is 33.9 Å². The molecular formula is C11H8F3NO7S2. The molecule has 1 aromatic carbocycles. The van der Waals surface area contributed by atoms with E-state index in [1.807, 2.05) is 0 Å². The van der Waals surface area contributed by atoms with Crippen LogP contribution in [0.3, 0.4) is 0 Å². The number of carbonyl (C=O) groups excluding carboxylic acids is 1. The molecule has 2 rings (SSSR count). The van der Waals surface area contributed by atoms with Gasteiger partial charge in [-0.1, -0.05) is 12.1 Å². The van der Waals surface area contributed by atoms with Crippen LogP contribution in [0, 0.1) is 0 Å². The van der Waals surface area contributed by atoms with E-state index < -0.39 is 53.5 Å². The van der Waals surface area contributed by atoms with E-state index in [1.54, 1.807) is 4.72 Å². The van der Waals surface area contributed by atoms with Crippen molar-refractivity contribution in [3.63, 3.8) is 0 Å². The molecule has 0 atom stereocenters. The third-order valence-electron chi connectivity index (χ3n) is 2.75. The fraction of sp³-hybridized carbons (Fsp3) is 0.182. The Morgan fingerprint density at radius 1 is 1.21 bits per heavy atom. The monoisotopic (exact) mass is 387 g/mol. The molecule has 24 heavy (non-hydrogen) atoms. The van der Waals surface area contributed by atoms with Crippen LogP contribution >= 0.6 is 0 Å². The molecule has 0 spiro atoms. The normalized spacial score (nSPS) is 16.8. The van der Waals surface area contributed by atoms with E-state index in [9.17, 15) is 34.8 Å². The topological polar surface area (TPSA) is 116 Å². The first-order valence-corrected chi connectivity index (χ1v) is 8.75. The SMILES string of the molecule is COC(=O)C1=C(OS(=O)(=O)C(F)(F)F)c2ccccc2S(=O)(=O)N1. The van der Waals surface area contributed by atoms with Gasteiger partial charge in [-0.25, -0.2) is 13.2 Å². The maximum absolute atomic E-state index is 12.5. The van der Waals surface area contributed by atoms with Crippen LogP contribution in [0.2, 0.25) is 0 Å². The smallest absolute Gasteiger partial charge is 0.464 e. The average Bonchev–Trinajstić information content (AvgIpc) is 2.48. The van der Waals surface area contributed by atoms with Crippen molar-refractivity contribution < 1.29 is 43.7 Å². The molecule has 8 nitrogen and oxygen atoms in total. The van der Waals surface area contributed by atoms with Crippen LogP contribution in [0.4, 0.5) is 13.2 Å². The van der Waals surface area contributed by atoms with Crippen molar-refractivity contribution in [2.75, 3.05) is 7.11 Å². The molecule has 1 aromatic rings. The Hall–Kier alpha value is -2.28. The second-order valence-electron chi connectivity index (χ2n) is 4.28. The van der Waals surface area contributed by atoms with Gasteiger partial charge < -0.3 is 8.92 Å². The highest BCUT2D eigenvalue weighted by Gasteiger charge is 2.50. The molecule has 1 heterocycles. The quantitative estimate of drug-likeness (QED) is 0.461. The Kier molecular flexibility index (Phi) is 4.26. The lowest BCUT2D eigenvalue weighted by Gasteiger charge is -2.23. The van der Waals surface area contributed by atoms with Gasteiger partial charge in [-0.2, -0.15) is 21.6 Å². The number of esters is 1. The standard InChI is InChI=1S/C11H8F3NO7S2/c1-21-10(16)8-9(22-24(19,20)11(12,13)14)6-4-2-3-5-7(6)23(17,18)15-8/h2-5,15H,1H3. The van der Waals surface area contributed by atoms with E-state index in [0.717, 1.165) is 19.2 Å². The van der Waals surface area contributed by atoms with Gasteiger partial charge in [0.15, 0.2) is 11.5 Å². The van der Waals surface area contributed by atoms with E-state index in [4.69, 9.17) is 0 Å². The molecule has 13 heteroatoms. The molecule has 0 unspecified atom stereocenters. The molecule has 0 aliphatic carbocycles. The highest BCUT2D eigenvalue weighted by Crippen LogP contribution is 2.36. The third-order valence-corrected chi connectivity index (χ3v) is 5.11. The van der Waals surface area contributed by atoms with E-state index in [2.05, 4.69) is 8.92 Å². The summed E-state index contributed by atoms with van der Waals surface area (Å²) in [6.45, 7) is 0. The largest absolute Gasteiger partial charge is 0.534 e. The summed E-state index contributed by atoms with van der Waals surface area (Å²) in [5.74, 6) is -2.56. The maximum atomic E-state index is 12.5. The van der Waals surface area contributed by atoms with Crippen LogP contribution in [0.5, 0.6) is 0 Å². The molecule has 0 bridgehead atoms. The second kappa shape index (κ2) is 5.66. The minimum Gasteiger partial charge on any atom is -0.464 e. The van der Waals surface area contributed by atoms with Gasteiger partial charge >= 0.3 is 21.6 Å². The number of hydrogen-bond donors (Lipinski definition) is 1. The predicted molar refractivity (Wildman–Crippen MR) is 71.8 cm³/mol. The van der Waals surface area contributed by atoms with Crippen molar-refractivity contribution in [3.8, 4) is 0 Å². The molecular weight excluding hydrogens is 379 g/mol. The molecule has 0 aromatic heterocycles. The van der Waals surface area contributed by atoms with Gasteiger partial charge in [-0.15, -0.1) is 0 Å². The van der Waals surface area contributed by atoms with Gasteiger partial charge in [0.05, 0.1) is 12.0 Å². The van der Waals surface area contributed by atoms with Crippen LogP contribution in [0.25, 0.3) is 5.76 Å². The molecule has 0 saturated heterocycles. The number of alkyl halides is 3. The predicted octanol–water partition coefficient (Wildman–Crippen LogP) is 0.686. The molecule has 1 N–H and O–H groups in total. The summed E-state index contributed by atoms with van der Waals surface area (Å²) in [5, 5.41) is 0. The summed E-state index contributed by atoms with van der Waals surface area (Å²) < 4.78 is 94.0. The Morgan fingerprint density at radius 2 is 1.79 bits per heavy atom. The van der Waals surface area contributed by atoms with Gasteiger partial charge in [-0.3, -0.25) is 4.72 Å². The number of sulfonamides is 1. The number of rotatable bonds is 3. The van der Waals surface area contributed by atoms with Gasteiger partial charge in [-0.05, 0) is 12.1 Å². The lowest BCUT2D eigenvalue weighted by Crippen LogP contribution is -2.35. The van der Waals surface area contributed by atoms with Gasteiger partial charge in [0, 0.05) is 5.56 Å². The van der Waals surface area contributed by atoms with Crippen molar-refractivity contribution in [2.24, 2.45) is 0 Å². The summed E-state index contributed by atoms with van der Waals surface area (Å²) >= 11 is 0. The minimum absolute atomic E-state index is 0.538. The van der Waals surface area contributed by atoms with Crippen LogP contribution in [0.15, 0.2) is 34.9 Å². The minimum atomic E-state index is -6.15. The highest BCUT2D eigenvalue weighted by atomic mass is 32.2. The fourth-order valence-electron chi connectivity index (χ4n) is 1.74. The molecule has 0 fully saturated rings.